The van der Waals surface area contributed by atoms with Gasteiger partial charge in [-0.2, -0.15) is 0 Å². The first-order valence-electron chi connectivity index (χ1n) is 11.8. The molecule has 0 aromatic rings. The number of carbonyl (C=O) groups excluding carboxylic acids is 2. The molecule has 1 saturated heterocycles. The molecule has 0 spiro atoms. The predicted octanol–water partition coefficient (Wildman–Crippen LogP) is 6.84. The van der Waals surface area contributed by atoms with Gasteiger partial charge in [0.15, 0.2) is 5.78 Å². The number of nitrogens with zero attached hydrogens (tertiary/aromatic N) is 5. The van der Waals surface area contributed by atoms with Crippen molar-refractivity contribution in [1.82, 2.24) is 4.90 Å². The number of ketones is 1. The van der Waals surface area contributed by atoms with Crippen LogP contribution in [0.3, 0.4) is 0 Å². The van der Waals surface area contributed by atoms with E-state index in [0.717, 1.165) is 79.9 Å². The van der Waals surface area contributed by atoms with E-state index in [4.69, 9.17) is 0 Å². The van der Waals surface area contributed by atoms with Crippen molar-refractivity contribution in [3.63, 3.8) is 0 Å². The highest BCUT2D eigenvalue weighted by molar-refractivity contribution is 7.99. The van der Waals surface area contributed by atoms with Gasteiger partial charge in [-0.15, -0.1) is 19.6 Å². The van der Waals surface area contributed by atoms with Gasteiger partial charge in [0.1, 0.15) is 0 Å². The van der Waals surface area contributed by atoms with Crippen LogP contribution in [-0.4, -0.2) is 51.2 Å². The number of amides is 1. The lowest BCUT2D eigenvalue weighted by atomic mass is 10.0. The Bertz CT molecular complexity index is 624. The molecule has 198 valence electrons. The van der Waals surface area contributed by atoms with E-state index in [1.54, 1.807) is 4.90 Å². The zero-order valence-corrected chi connectivity index (χ0v) is 22.9. The number of unbranched alkanes of at least 4 members (excludes halogenated alkanes) is 2. The molecular weight excluding hydrogens is 535 g/mol. The van der Waals surface area contributed by atoms with E-state index in [1.807, 2.05) is 0 Å². The van der Waals surface area contributed by atoms with Crippen LogP contribution in [-0.2, 0) is 9.59 Å². The van der Waals surface area contributed by atoms with Gasteiger partial charge in [-0.3, -0.25) is 9.59 Å². The van der Waals surface area contributed by atoms with Crippen molar-refractivity contribution in [2.45, 2.75) is 93.6 Å². The Labute approximate surface area is 223 Å². The summed E-state index contributed by atoms with van der Waals surface area (Å²) < 4.78 is 11.3. The van der Waals surface area contributed by atoms with Crippen LogP contribution in [0.25, 0.3) is 0 Å². The number of carbonyl (C=O) groups is 2. The van der Waals surface area contributed by atoms with Gasteiger partial charge in [0.2, 0.25) is 5.91 Å². The summed E-state index contributed by atoms with van der Waals surface area (Å²) in [6.45, 7) is 0.602. The number of rotatable bonds is 23. The lowest BCUT2D eigenvalue weighted by Crippen LogP contribution is -2.40. The van der Waals surface area contributed by atoms with Gasteiger partial charge in [0.05, 0.1) is 6.04 Å². The Balaban J connectivity index is 2.34. The van der Waals surface area contributed by atoms with Crippen LogP contribution in [0.1, 0.15) is 77.0 Å². The SMILES string of the molecule is O=NSCCC(CCCCC(=O)C1CCCN1C(=O)CCCCC(CCSN=O)SN=O)SN=O. The van der Waals surface area contributed by atoms with Crippen LogP contribution in [0.5, 0.6) is 0 Å². The standard InChI is InChI=1S/C20H33N5O6S4/c26-19(9-3-1-6-16(34-23-30)11-14-32-21-28)18-8-5-13-25(18)20(27)10-4-2-7-17(35-24-31)12-15-33-22-29/h16-18H,1-15H2. The summed E-state index contributed by atoms with van der Waals surface area (Å²) in [4.78, 5) is 68.7. The molecule has 3 atom stereocenters. The van der Waals surface area contributed by atoms with Crippen LogP contribution in [0, 0.1) is 19.6 Å². The molecule has 0 radical (unpaired) electrons. The Kier molecular flexibility index (Phi) is 19.2. The van der Waals surface area contributed by atoms with Crippen molar-refractivity contribution < 1.29 is 9.59 Å². The Morgan fingerprint density at radius 2 is 1.29 bits per heavy atom. The molecule has 15 heteroatoms. The maximum atomic E-state index is 12.8. The number of nitroso groups, excluding NO2 is 4. The first-order valence-corrected chi connectivity index (χ1v) is 15.3. The molecule has 1 rings (SSSR count). The molecule has 0 aromatic heterocycles. The zero-order valence-electron chi connectivity index (χ0n) is 19.7. The topological polar surface area (TPSA) is 155 Å². The highest BCUT2D eigenvalue weighted by Crippen LogP contribution is 2.27. The van der Waals surface area contributed by atoms with Gasteiger partial charge in [0, 0.05) is 108 Å². The summed E-state index contributed by atoms with van der Waals surface area (Å²) in [5, 5.41) is 0.0286. The molecule has 1 fully saturated rings. The summed E-state index contributed by atoms with van der Waals surface area (Å²) >= 11 is 3.79. The Morgan fingerprint density at radius 1 is 0.743 bits per heavy atom. The van der Waals surface area contributed by atoms with E-state index >= 15 is 0 Å². The van der Waals surface area contributed by atoms with Gasteiger partial charge in [-0.1, -0.05) is 12.8 Å². The Morgan fingerprint density at radius 3 is 1.80 bits per heavy atom. The summed E-state index contributed by atoms with van der Waals surface area (Å²) in [6, 6.07) is -0.352. The molecule has 1 amide bonds. The summed E-state index contributed by atoms with van der Waals surface area (Å²) in [6.07, 6.45) is 7.96. The van der Waals surface area contributed by atoms with Gasteiger partial charge in [-0.05, 0) is 51.4 Å². The third-order valence-electron chi connectivity index (χ3n) is 5.86. The first kappa shape index (κ1) is 32.0. The summed E-state index contributed by atoms with van der Waals surface area (Å²) in [5.74, 6) is 1.16. The lowest BCUT2D eigenvalue weighted by Gasteiger charge is -2.24. The van der Waals surface area contributed by atoms with Crippen molar-refractivity contribution in [2.24, 2.45) is 18.3 Å². The molecule has 0 saturated carbocycles. The van der Waals surface area contributed by atoms with Gasteiger partial charge < -0.3 is 4.90 Å². The van der Waals surface area contributed by atoms with Crippen molar-refractivity contribution in [3.8, 4) is 0 Å². The third-order valence-corrected chi connectivity index (χ3v) is 8.62. The second kappa shape index (κ2) is 21.1. The first-order chi connectivity index (χ1) is 17.1. The van der Waals surface area contributed by atoms with Crippen molar-refractivity contribution >= 4 is 59.5 Å². The maximum Gasteiger partial charge on any atom is 0.223 e. The summed E-state index contributed by atoms with van der Waals surface area (Å²) in [5.41, 5.74) is 0. The van der Waals surface area contributed by atoms with Gasteiger partial charge in [-0.25, -0.2) is 0 Å². The fourth-order valence-electron chi connectivity index (χ4n) is 4.09. The van der Waals surface area contributed by atoms with Crippen molar-refractivity contribution in [3.05, 3.63) is 19.6 Å². The van der Waals surface area contributed by atoms with E-state index in [-0.39, 0.29) is 28.2 Å². The smallest absolute Gasteiger partial charge is 0.223 e. The van der Waals surface area contributed by atoms with Crippen LogP contribution in [0.4, 0.5) is 0 Å². The molecule has 3 unspecified atom stereocenters. The molecule has 0 bridgehead atoms. The van der Waals surface area contributed by atoms with Crippen LogP contribution >= 0.6 is 47.8 Å². The number of hydrogen-bond donors (Lipinski definition) is 0. The Hall–Kier alpha value is -1.06. The second-order valence-electron chi connectivity index (χ2n) is 8.20. The molecule has 11 nitrogen and oxygen atoms in total. The van der Waals surface area contributed by atoms with Crippen LogP contribution in [0.15, 0.2) is 18.3 Å². The van der Waals surface area contributed by atoms with E-state index < -0.39 is 0 Å². The molecule has 1 aliphatic rings. The minimum Gasteiger partial charge on any atom is -0.333 e. The highest BCUT2D eigenvalue weighted by Gasteiger charge is 2.33. The van der Waals surface area contributed by atoms with Gasteiger partial charge in [0.25, 0.3) is 0 Å². The quantitative estimate of drug-likeness (QED) is 0.0727. The largest absolute Gasteiger partial charge is 0.333 e. The monoisotopic (exact) mass is 567 g/mol. The minimum atomic E-state index is -0.352. The predicted molar refractivity (Wildman–Crippen MR) is 147 cm³/mol. The van der Waals surface area contributed by atoms with Crippen molar-refractivity contribution in [1.29, 1.82) is 0 Å². The molecule has 1 aliphatic heterocycles. The molecule has 1 heterocycles. The summed E-state index contributed by atoms with van der Waals surface area (Å²) in [7, 11) is 0. The molecule has 35 heavy (non-hydrogen) atoms. The number of hydrogen-bond acceptors (Lipinski definition) is 14. The molecular formula is C20H33N5O6S4. The molecule has 0 aliphatic carbocycles. The van der Waals surface area contributed by atoms with E-state index in [9.17, 15) is 29.2 Å². The third kappa shape index (κ3) is 14.3. The van der Waals surface area contributed by atoms with E-state index in [2.05, 4.69) is 18.3 Å². The fourth-order valence-corrected chi connectivity index (χ4v) is 6.56. The van der Waals surface area contributed by atoms with Gasteiger partial charge >= 0.3 is 0 Å². The average Bonchev–Trinajstić information content (AvgIpc) is 3.34. The van der Waals surface area contributed by atoms with Crippen molar-refractivity contribution in [2.75, 3.05) is 18.1 Å². The maximum absolute atomic E-state index is 12.8. The lowest BCUT2D eigenvalue weighted by molar-refractivity contribution is -0.137. The normalized spacial score (nSPS) is 17.0. The van der Waals surface area contributed by atoms with E-state index in [1.165, 1.54) is 0 Å². The van der Waals surface area contributed by atoms with E-state index in [0.29, 0.717) is 63.0 Å². The minimum absolute atomic E-state index is 0.00548. The van der Waals surface area contributed by atoms with Crippen LogP contribution < -0.4 is 0 Å². The molecule has 0 N–H and O–H groups in total. The highest BCUT2D eigenvalue weighted by atomic mass is 32.2. The van der Waals surface area contributed by atoms with Crippen LogP contribution in [0.2, 0.25) is 0 Å². The average molecular weight is 568 g/mol. The number of likely N-dealkylation sites (tertiary alicyclic amines) is 1. The number of Topliss-reactive ketones (excluding diaryl/α,β-unsaturated/α-hetero) is 1. The zero-order chi connectivity index (χ0) is 25.7. The molecule has 0 aromatic carbocycles. The fraction of sp³-hybridized carbons (Fsp3) is 0.900. The second-order valence-corrected chi connectivity index (χ2v) is 11.9.